The summed E-state index contributed by atoms with van der Waals surface area (Å²) in [6, 6.07) is 9.34. The number of nitrogens with one attached hydrogen (secondary N) is 1. The summed E-state index contributed by atoms with van der Waals surface area (Å²) in [5.41, 5.74) is 0.764. The van der Waals surface area contributed by atoms with E-state index in [0.717, 1.165) is 37.8 Å². The first kappa shape index (κ1) is 13.9. The third-order valence-corrected chi connectivity index (χ3v) is 2.64. The highest BCUT2D eigenvalue weighted by Crippen LogP contribution is 2.00. The van der Waals surface area contributed by atoms with Gasteiger partial charge in [0.15, 0.2) is 5.78 Å². The second kappa shape index (κ2) is 8.90. The van der Waals surface area contributed by atoms with Gasteiger partial charge >= 0.3 is 0 Å². The molecule has 3 heteroatoms. The maximum absolute atomic E-state index is 11.7. The summed E-state index contributed by atoms with van der Waals surface area (Å²) in [5.74, 6) is 0.140. The van der Waals surface area contributed by atoms with Gasteiger partial charge in [-0.05, 0) is 19.4 Å². The zero-order valence-electron chi connectivity index (χ0n) is 10.2. The Labute approximate surface area is 103 Å². The van der Waals surface area contributed by atoms with Crippen molar-refractivity contribution in [3.8, 4) is 0 Å². The van der Waals surface area contributed by atoms with E-state index in [4.69, 9.17) is 5.11 Å². The number of carbonyl (C=O) groups excluding carboxylic acids is 1. The molecule has 3 nitrogen and oxygen atoms in total. The Hall–Kier alpha value is -1.19. The van der Waals surface area contributed by atoms with E-state index in [1.165, 1.54) is 0 Å². The fourth-order valence-corrected chi connectivity index (χ4v) is 1.64. The van der Waals surface area contributed by atoms with Gasteiger partial charge < -0.3 is 10.4 Å². The number of aliphatic hydroxyl groups excluding tert-OH is 1. The van der Waals surface area contributed by atoms with E-state index < -0.39 is 0 Å². The molecule has 0 amide bonds. The Kier molecular flexibility index (Phi) is 7.27. The monoisotopic (exact) mass is 235 g/mol. The minimum Gasteiger partial charge on any atom is -0.396 e. The van der Waals surface area contributed by atoms with Crippen LogP contribution in [0.4, 0.5) is 0 Å². The smallest absolute Gasteiger partial charge is 0.176 e. The van der Waals surface area contributed by atoms with E-state index in [1.54, 1.807) is 0 Å². The van der Waals surface area contributed by atoms with Crippen molar-refractivity contribution in [2.75, 3.05) is 19.7 Å². The number of hydrogen-bond acceptors (Lipinski definition) is 3. The summed E-state index contributed by atoms with van der Waals surface area (Å²) in [6.07, 6.45) is 4.10. The predicted molar refractivity (Wildman–Crippen MR) is 69.2 cm³/mol. The van der Waals surface area contributed by atoms with Gasteiger partial charge in [-0.25, -0.2) is 0 Å². The van der Waals surface area contributed by atoms with Crippen molar-refractivity contribution in [3.63, 3.8) is 0 Å². The first-order valence-electron chi connectivity index (χ1n) is 6.24. The summed E-state index contributed by atoms with van der Waals surface area (Å²) in [5, 5.41) is 11.8. The quantitative estimate of drug-likeness (QED) is 0.508. The molecule has 0 radical (unpaired) electrons. The number of carbonyl (C=O) groups is 1. The van der Waals surface area contributed by atoms with E-state index >= 15 is 0 Å². The van der Waals surface area contributed by atoms with Crippen molar-refractivity contribution in [3.05, 3.63) is 35.9 Å². The molecule has 1 aromatic carbocycles. The van der Waals surface area contributed by atoms with Gasteiger partial charge in [-0.2, -0.15) is 0 Å². The number of benzene rings is 1. The van der Waals surface area contributed by atoms with Gasteiger partial charge in [0.2, 0.25) is 0 Å². The highest BCUT2D eigenvalue weighted by Gasteiger charge is 2.02. The van der Waals surface area contributed by atoms with E-state index in [2.05, 4.69) is 5.32 Å². The molecule has 0 saturated heterocycles. The zero-order chi connectivity index (χ0) is 12.3. The van der Waals surface area contributed by atoms with Crippen molar-refractivity contribution in [1.82, 2.24) is 5.32 Å². The van der Waals surface area contributed by atoms with Crippen LogP contribution in [0.25, 0.3) is 0 Å². The van der Waals surface area contributed by atoms with Crippen molar-refractivity contribution < 1.29 is 9.90 Å². The van der Waals surface area contributed by atoms with Gasteiger partial charge in [0.05, 0.1) is 6.54 Å². The number of ketones is 1. The number of rotatable bonds is 9. The van der Waals surface area contributed by atoms with Gasteiger partial charge in [0.1, 0.15) is 0 Å². The third-order valence-electron chi connectivity index (χ3n) is 2.64. The molecule has 0 aliphatic rings. The molecule has 0 aliphatic carbocycles. The Morgan fingerprint density at radius 1 is 1.06 bits per heavy atom. The molecule has 0 saturated carbocycles. The maximum atomic E-state index is 11.7. The molecule has 0 bridgehead atoms. The van der Waals surface area contributed by atoms with Crippen LogP contribution in [0, 0.1) is 0 Å². The Balaban J connectivity index is 2.05. The lowest BCUT2D eigenvalue weighted by molar-refractivity contribution is 0.0991. The zero-order valence-corrected chi connectivity index (χ0v) is 10.2. The van der Waals surface area contributed by atoms with Crippen molar-refractivity contribution in [2.45, 2.75) is 25.7 Å². The van der Waals surface area contributed by atoms with Crippen LogP contribution in [0.1, 0.15) is 36.0 Å². The highest BCUT2D eigenvalue weighted by atomic mass is 16.2. The molecular formula is C14H21NO2. The Bertz CT molecular complexity index is 311. The average molecular weight is 235 g/mol. The largest absolute Gasteiger partial charge is 0.396 e. The number of unbranched alkanes of at least 4 members (excludes halogenated alkanes) is 3. The molecule has 0 atom stereocenters. The van der Waals surface area contributed by atoms with Gasteiger partial charge in [0.25, 0.3) is 0 Å². The first-order valence-corrected chi connectivity index (χ1v) is 6.24. The topological polar surface area (TPSA) is 49.3 Å². The summed E-state index contributed by atoms with van der Waals surface area (Å²) < 4.78 is 0. The van der Waals surface area contributed by atoms with E-state index in [-0.39, 0.29) is 12.4 Å². The van der Waals surface area contributed by atoms with Crippen molar-refractivity contribution >= 4 is 5.78 Å². The molecular weight excluding hydrogens is 214 g/mol. The number of hydrogen-bond donors (Lipinski definition) is 2. The molecule has 2 N–H and O–H groups in total. The molecule has 17 heavy (non-hydrogen) atoms. The minimum atomic E-state index is 0.140. The van der Waals surface area contributed by atoms with Crippen LogP contribution < -0.4 is 5.32 Å². The second-order valence-electron chi connectivity index (χ2n) is 4.10. The normalized spacial score (nSPS) is 10.4. The van der Waals surface area contributed by atoms with Gasteiger partial charge in [-0.15, -0.1) is 0 Å². The minimum absolute atomic E-state index is 0.140. The number of aliphatic hydroxyl groups is 1. The Morgan fingerprint density at radius 3 is 2.47 bits per heavy atom. The van der Waals surface area contributed by atoms with Crippen LogP contribution in [0.2, 0.25) is 0 Å². The third kappa shape index (κ3) is 6.19. The molecule has 0 aliphatic heterocycles. The Morgan fingerprint density at radius 2 is 1.76 bits per heavy atom. The maximum Gasteiger partial charge on any atom is 0.176 e. The van der Waals surface area contributed by atoms with Crippen LogP contribution in [0.5, 0.6) is 0 Å². The molecule has 0 heterocycles. The van der Waals surface area contributed by atoms with Crippen LogP contribution >= 0.6 is 0 Å². The van der Waals surface area contributed by atoms with E-state index in [0.29, 0.717) is 6.54 Å². The van der Waals surface area contributed by atoms with Gasteiger partial charge in [-0.1, -0.05) is 43.2 Å². The average Bonchev–Trinajstić information content (AvgIpc) is 2.38. The van der Waals surface area contributed by atoms with Gasteiger partial charge in [-0.3, -0.25) is 4.79 Å². The lowest BCUT2D eigenvalue weighted by Crippen LogP contribution is -2.23. The standard InChI is InChI=1S/C14H21NO2/c16-11-7-2-1-6-10-15-12-14(17)13-8-4-3-5-9-13/h3-5,8-9,15-16H,1-2,6-7,10-12H2. The van der Waals surface area contributed by atoms with Crippen LogP contribution in [-0.4, -0.2) is 30.6 Å². The summed E-state index contributed by atoms with van der Waals surface area (Å²) in [6.45, 7) is 1.55. The first-order chi connectivity index (χ1) is 8.34. The van der Waals surface area contributed by atoms with Crippen LogP contribution in [0.3, 0.4) is 0 Å². The molecule has 0 spiro atoms. The SMILES string of the molecule is O=C(CNCCCCCCO)c1ccccc1. The lowest BCUT2D eigenvalue weighted by Gasteiger charge is -2.04. The van der Waals surface area contributed by atoms with Crippen molar-refractivity contribution in [1.29, 1.82) is 0 Å². The molecule has 1 aromatic rings. The number of Topliss-reactive ketones (excluding diaryl/α,β-unsaturated/α-hetero) is 1. The van der Waals surface area contributed by atoms with Crippen LogP contribution in [0.15, 0.2) is 30.3 Å². The van der Waals surface area contributed by atoms with Crippen LogP contribution in [-0.2, 0) is 0 Å². The fourth-order valence-electron chi connectivity index (χ4n) is 1.64. The lowest BCUT2D eigenvalue weighted by atomic mass is 10.1. The van der Waals surface area contributed by atoms with Crippen molar-refractivity contribution in [2.24, 2.45) is 0 Å². The fraction of sp³-hybridized carbons (Fsp3) is 0.500. The van der Waals surface area contributed by atoms with Gasteiger partial charge in [0, 0.05) is 12.2 Å². The summed E-state index contributed by atoms with van der Waals surface area (Å²) in [4.78, 5) is 11.7. The predicted octanol–water partition coefficient (Wildman–Crippen LogP) is 2.01. The van der Waals surface area contributed by atoms with E-state index in [1.807, 2.05) is 30.3 Å². The molecule has 1 rings (SSSR count). The second-order valence-corrected chi connectivity index (χ2v) is 4.10. The molecule has 0 aromatic heterocycles. The highest BCUT2D eigenvalue weighted by molar-refractivity contribution is 5.97. The molecule has 0 unspecified atom stereocenters. The summed E-state index contributed by atoms with van der Waals surface area (Å²) >= 11 is 0. The molecule has 94 valence electrons. The summed E-state index contributed by atoms with van der Waals surface area (Å²) in [7, 11) is 0. The molecule has 0 fully saturated rings. The van der Waals surface area contributed by atoms with E-state index in [9.17, 15) is 4.79 Å².